The van der Waals surface area contributed by atoms with Gasteiger partial charge in [-0.05, 0) is 63.3 Å². The number of hydrogen-bond acceptors (Lipinski definition) is 6. The first-order valence-corrected chi connectivity index (χ1v) is 9.04. The third-order valence-electron chi connectivity index (χ3n) is 5.09. The summed E-state index contributed by atoms with van der Waals surface area (Å²) in [6.07, 6.45) is 3.19. The number of nitrogens with zero attached hydrogens (tertiary/aromatic N) is 1. The molecule has 1 atom stereocenters. The number of anilines is 1. The first-order valence-electron chi connectivity index (χ1n) is 9.04. The molecule has 0 fully saturated rings. The van der Waals surface area contributed by atoms with Gasteiger partial charge in [-0.3, -0.25) is 4.79 Å². The largest absolute Gasteiger partial charge is 0.483 e. The molecule has 2 aromatic rings. The van der Waals surface area contributed by atoms with Crippen molar-refractivity contribution < 1.29 is 19.0 Å². The number of hydrogen-bond donors (Lipinski definition) is 1. The Kier molecular flexibility index (Phi) is 5.00. The average molecular weight is 370 g/mol. The summed E-state index contributed by atoms with van der Waals surface area (Å²) in [4.78, 5) is 15.6. The molecule has 0 spiro atoms. The van der Waals surface area contributed by atoms with Crippen LogP contribution in [0, 0.1) is 20.8 Å². The molecule has 0 amide bonds. The molecule has 1 unspecified atom stereocenters. The lowest BCUT2D eigenvalue weighted by atomic mass is 9.87. The van der Waals surface area contributed by atoms with E-state index in [1.54, 1.807) is 18.3 Å². The van der Waals surface area contributed by atoms with Crippen molar-refractivity contribution in [3.63, 3.8) is 0 Å². The van der Waals surface area contributed by atoms with Crippen molar-refractivity contribution in [1.29, 1.82) is 0 Å². The second kappa shape index (κ2) is 7.10. The van der Waals surface area contributed by atoms with Crippen LogP contribution in [0.5, 0.6) is 17.4 Å². The van der Waals surface area contributed by atoms with Crippen molar-refractivity contribution in [3.8, 4) is 17.4 Å². The minimum Gasteiger partial charge on any atom is -0.483 e. The van der Waals surface area contributed by atoms with E-state index >= 15 is 0 Å². The summed E-state index contributed by atoms with van der Waals surface area (Å²) in [5, 5.41) is 0. The van der Waals surface area contributed by atoms with Gasteiger partial charge in [0.15, 0.2) is 0 Å². The highest BCUT2D eigenvalue weighted by atomic mass is 16.6. The van der Waals surface area contributed by atoms with Gasteiger partial charge in [0.1, 0.15) is 23.7 Å². The molecule has 27 heavy (non-hydrogen) atoms. The number of fused-ring (bicyclic) bond motifs is 1. The lowest BCUT2D eigenvalue weighted by molar-refractivity contribution is -0.132. The Balaban J connectivity index is 1.84. The van der Waals surface area contributed by atoms with Crippen LogP contribution in [0.2, 0.25) is 0 Å². The van der Waals surface area contributed by atoms with Gasteiger partial charge < -0.3 is 19.9 Å². The van der Waals surface area contributed by atoms with Gasteiger partial charge in [-0.15, -0.1) is 0 Å². The van der Waals surface area contributed by atoms with Crippen molar-refractivity contribution in [2.45, 2.75) is 53.1 Å². The zero-order valence-electron chi connectivity index (χ0n) is 16.5. The van der Waals surface area contributed by atoms with Crippen molar-refractivity contribution >= 4 is 11.7 Å². The predicted octanol–water partition coefficient (Wildman–Crippen LogP) is 3.68. The highest BCUT2D eigenvalue weighted by molar-refractivity contribution is 5.72. The highest BCUT2D eigenvalue weighted by Gasteiger charge is 2.36. The molecule has 6 nitrogen and oxygen atoms in total. The Bertz CT molecular complexity index is 877. The number of aromatic nitrogens is 1. The molecule has 2 heterocycles. The van der Waals surface area contributed by atoms with E-state index in [1.165, 1.54) is 6.92 Å². The van der Waals surface area contributed by atoms with Crippen LogP contribution in [0.3, 0.4) is 0 Å². The van der Waals surface area contributed by atoms with E-state index in [0.29, 0.717) is 23.9 Å². The Morgan fingerprint density at radius 1 is 1.26 bits per heavy atom. The molecule has 3 rings (SSSR count). The van der Waals surface area contributed by atoms with E-state index in [1.807, 2.05) is 27.7 Å². The number of carbonyl (C=O) groups excluding carboxylic acids is 1. The molecule has 2 N–H and O–H groups in total. The summed E-state index contributed by atoms with van der Waals surface area (Å²) >= 11 is 0. The predicted molar refractivity (Wildman–Crippen MR) is 103 cm³/mol. The number of pyridine rings is 1. The molecule has 0 saturated heterocycles. The van der Waals surface area contributed by atoms with Crippen molar-refractivity contribution in [1.82, 2.24) is 4.98 Å². The molecule has 1 aromatic heterocycles. The Morgan fingerprint density at radius 3 is 2.63 bits per heavy atom. The fourth-order valence-corrected chi connectivity index (χ4v) is 3.38. The first-order chi connectivity index (χ1) is 12.7. The number of rotatable bonds is 4. The number of esters is 1. The Morgan fingerprint density at radius 2 is 2.00 bits per heavy atom. The van der Waals surface area contributed by atoms with E-state index in [0.717, 1.165) is 40.8 Å². The highest BCUT2D eigenvalue weighted by Crippen LogP contribution is 2.43. The Hall–Kier alpha value is -2.76. The van der Waals surface area contributed by atoms with Gasteiger partial charge in [0, 0.05) is 18.6 Å². The van der Waals surface area contributed by atoms with Crippen LogP contribution in [0.4, 0.5) is 5.69 Å². The second-order valence-electron chi connectivity index (χ2n) is 7.38. The molecular weight excluding hydrogens is 344 g/mol. The van der Waals surface area contributed by atoms with Crippen LogP contribution in [-0.2, 0) is 11.2 Å². The molecule has 0 saturated carbocycles. The standard InChI is InChI=1S/C21H26N2O4/c1-12-13(2)20-17(14(3)19(12)26-15(4)24)8-9-21(5,27-20)11-25-18-7-6-16(22)10-23-18/h6-7,10H,8-9,11,22H2,1-5H3. The first kappa shape index (κ1) is 19.0. The van der Waals surface area contributed by atoms with Gasteiger partial charge in [-0.2, -0.15) is 0 Å². The van der Waals surface area contributed by atoms with Crippen LogP contribution in [0.15, 0.2) is 18.3 Å². The molecule has 1 aliphatic heterocycles. The third-order valence-corrected chi connectivity index (χ3v) is 5.09. The van der Waals surface area contributed by atoms with Crippen molar-refractivity contribution in [2.24, 2.45) is 0 Å². The van der Waals surface area contributed by atoms with Gasteiger partial charge in [0.05, 0.1) is 11.9 Å². The van der Waals surface area contributed by atoms with Crippen LogP contribution in [0.1, 0.15) is 42.5 Å². The monoisotopic (exact) mass is 370 g/mol. The molecule has 144 valence electrons. The molecule has 1 aromatic carbocycles. The van der Waals surface area contributed by atoms with Crippen molar-refractivity contribution in [3.05, 3.63) is 40.6 Å². The molecular formula is C21H26N2O4. The van der Waals surface area contributed by atoms with E-state index in [4.69, 9.17) is 19.9 Å². The molecule has 0 aliphatic carbocycles. The van der Waals surface area contributed by atoms with Crippen LogP contribution < -0.4 is 19.9 Å². The number of nitrogen functional groups attached to an aromatic ring is 1. The fourth-order valence-electron chi connectivity index (χ4n) is 3.38. The summed E-state index contributed by atoms with van der Waals surface area (Å²) in [5.74, 6) is 1.72. The van der Waals surface area contributed by atoms with Gasteiger partial charge in [-0.25, -0.2) is 4.98 Å². The smallest absolute Gasteiger partial charge is 0.308 e. The van der Waals surface area contributed by atoms with Crippen LogP contribution in [-0.4, -0.2) is 23.2 Å². The van der Waals surface area contributed by atoms with E-state index < -0.39 is 5.60 Å². The normalized spacial score (nSPS) is 18.4. The van der Waals surface area contributed by atoms with E-state index in [9.17, 15) is 4.79 Å². The quantitative estimate of drug-likeness (QED) is 0.653. The number of benzene rings is 1. The number of carbonyl (C=O) groups is 1. The second-order valence-corrected chi connectivity index (χ2v) is 7.38. The molecule has 6 heteroatoms. The average Bonchev–Trinajstić information content (AvgIpc) is 2.63. The van der Waals surface area contributed by atoms with Gasteiger partial charge in [-0.1, -0.05) is 0 Å². The third kappa shape index (κ3) is 3.84. The summed E-state index contributed by atoms with van der Waals surface area (Å²) in [6, 6.07) is 3.51. The summed E-state index contributed by atoms with van der Waals surface area (Å²) in [6.45, 7) is 9.76. The zero-order valence-corrected chi connectivity index (χ0v) is 16.5. The molecule has 0 radical (unpaired) electrons. The SMILES string of the molecule is CC(=O)Oc1c(C)c(C)c2c(c1C)CCC(C)(COc1ccc(N)cn1)O2. The summed E-state index contributed by atoms with van der Waals surface area (Å²) < 4.78 is 17.7. The van der Waals surface area contributed by atoms with Gasteiger partial charge in [0.25, 0.3) is 0 Å². The molecule has 0 bridgehead atoms. The lowest BCUT2D eigenvalue weighted by Crippen LogP contribution is -2.42. The fraction of sp³-hybridized carbons (Fsp3) is 0.429. The van der Waals surface area contributed by atoms with Gasteiger partial charge >= 0.3 is 5.97 Å². The zero-order chi connectivity index (χ0) is 19.8. The lowest BCUT2D eigenvalue weighted by Gasteiger charge is -2.37. The minimum atomic E-state index is -0.470. The summed E-state index contributed by atoms with van der Waals surface area (Å²) in [7, 11) is 0. The Labute approximate surface area is 159 Å². The number of ether oxygens (including phenoxy) is 3. The van der Waals surface area contributed by atoms with Gasteiger partial charge in [0.2, 0.25) is 5.88 Å². The van der Waals surface area contributed by atoms with E-state index in [2.05, 4.69) is 4.98 Å². The van der Waals surface area contributed by atoms with Crippen molar-refractivity contribution in [2.75, 3.05) is 12.3 Å². The van der Waals surface area contributed by atoms with Crippen LogP contribution in [0.25, 0.3) is 0 Å². The van der Waals surface area contributed by atoms with Crippen LogP contribution >= 0.6 is 0 Å². The van der Waals surface area contributed by atoms with E-state index in [-0.39, 0.29) is 5.97 Å². The maximum absolute atomic E-state index is 11.5. The number of nitrogens with two attached hydrogens (primary N) is 1. The molecule has 1 aliphatic rings. The minimum absolute atomic E-state index is 0.313. The summed E-state index contributed by atoms with van der Waals surface area (Å²) in [5.41, 5.74) is 9.76. The topological polar surface area (TPSA) is 83.7 Å². The maximum Gasteiger partial charge on any atom is 0.308 e. The maximum atomic E-state index is 11.5.